The summed E-state index contributed by atoms with van der Waals surface area (Å²) >= 11 is 0. The normalized spacial score (nSPS) is 18.4. The van der Waals surface area contributed by atoms with Gasteiger partial charge in [0.25, 0.3) is 0 Å². The standard InChI is InChI=1S/C14H17FN4/c1-9-6-11(3-4-12(9)15)14-18-17-13-5-2-10(7-16)8-19(13)14/h3-4,6,10H,2,5,7-8,16H2,1H3. The van der Waals surface area contributed by atoms with Crippen LogP contribution in [-0.2, 0) is 13.0 Å². The van der Waals surface area contributed by atoms with E-state index in [0.29, 0.717) is 18.0 Å². The smallest absolute Gasteiger partial charge is 0.163 e. The van der Waals surface area contributed by atoms with E-state index >= 15 is 0 Å². The first-order chi connectivity index (χ1) is 9.19. The van der Waals surface area contributed by atoms with Crippen molar-refractivity contribution in [3.63, 3.8) is 0 Å². The molecule has 3 rings (SSSR count). The second-order valence-corrected chi connectivity index (χ2v) is 5.15. The molecule has 1 aromatic heterocycles. The van der Waals surface area contributed by atoms with E-state index < -0.39 is 0 Å². The van der Waals surface area contributed by atoms with Gasteiger partial charge in [0.1, 0.15) is 11.6 Å². The molecule has 0 saturated heterocycles. The number of fused-ring (bicyclic) bond motifs is 1. The number of hydrogen-bond acceptors (Lipinski definition) is 3. The first kappa shape index (κ1) is 12.3. The summed E-state index contributed by atoms with van der Waals surface area (Å²) in [6.45, 7) is 3.29. The van der Waals surface area contributed by atoms with Gasteiger partial charge < -0.3 is 10.3 Å². The molecule has 0 fully saturated rings. The average molecular weight is 260 g/mol. The molecule has 1 atom stereocenters. The maximum Gasteiger partial charge on any atom is 0.163 e. The highest BCUT2D eigenvalue weighted by Crippen LogP contribution is 2.26. The minimum Gasteiger partial charge on any atom is -0.330 e. The number of aryl methyl sites for hydroxylation is 2. The summed E-state index contributed by atoms with van der Waals surface area (Å²) < 4.78 is 15.5. The minimum absolute atomic E-state index is 0.193. The zero-order valence-electron chi connectivity index (χ0n) is 10.9. The molecule has 0 saturated carbocycles. The lowest BCUT2D eigenvalue weighted by atomic mass is 9.99. The van der Waals surface area contributed by atoms with E-state index in [1.807, 2.05) is 6.07 Å². The van der Waals surface area contributed by atoms with Gasteiger partial charge in [-0.3, -0.25) is 0 Å². The van der Waals surface area contributed by atoms with Crippen LogP contribution in [-0.4, -0.2) is 21.3 Å². The lowest BCUT2D eigenvalue weighted by molar-refractivity contribution is 0.375. The number of aromatic nitrogens is 3. The van der Waals surface area contributed by atoms with Crippen molar-refractivity contribution in [3.05, 3.63) is 35.4 Å². The molecule has 5 heteroatoms. The molecule has 2 N–H and O–H groups in total. The van der Waals surface area contributed by atoms with Gasteiger partial charge in [0.05, 0.1) is 0 Å². The minimum atomic E-state index is -0.193. The number of halogens is 1. The first-order valence-electron chi connectivity index (χ1n) is 6.57. The van der Waals surface area contributed by atoms with Gasteiger partial charge in [0.15, 0.2) is 5.82 Å². The van der Waals surface area contributed by atoms with Crippen molar-refractivity contribution >= 4 is 0 Å². The number of hydrogen-bond donors (Lipinski definition) is 1. The third-order valence-electron chi connectivity index (χ3n) is 3.79. The maximum absolute atomic E-state index is 13.3. The van der Waals surface area contributed by atoms with E-state index in [0.717, 1.165) is 36.6 Å². The SMILES string of the molecule is Cc1cc(-c2nnc3n2CC(CN)CC3)ccc1F. The molecule has 2 heterocycles. The van der Waals surface area contributed by atoms with Gasteiger partial charge in [-0.25, -0.2) is 4.39 Å². The first-order valence-corrected chi connectivity index (χ1v) is 6.57. The Morgan fingerprint density at radius 2 is 2.26 bits per heavy atom. The Morgan fingerprint density at radius 3 is 3.00 bits per heavy atom. The molecule has 0 bridgehead atoms. The quantitative estimate of drug-likeness (QED) is 0.897. The van der Waals surface area contributed by atoms with Gasteiger partial charge in [-0.15, -0.1) is 10.2 Å². The number of nitrogens with two attached hydrogens (primary N) is 1. The molecule has 0 aliphatic carbocycles. The van der Waals surface area contributed by atoms with Crippen LogP contribution in [0.3, 0.4) is 0 Å². The van der Waals surface area contributed by atoms with Crippen molar-refractivity contribution in [1.29, 1.82) is 0 Å². The third kappa shape index (κ3) is 2.14. The van der Waals surface area contributed by atoms with Crippen LogP contribution in [0.1, 0.15) is 17.8 Å². The van der Waals surface area contributed by atoms with Crippen molar-refractivity contribution in [2.75, 3.05) is 6.54 Å². The van der Waals surface area contributed by atoms with Gasteiger partial charge in [-0.2, -0.15) is 0 Å². The Labute approximate surface area is 111 Å². The van der Waals surface area contributed by atoms with Crippen molar-refractivity contribution in [3.8, 4) is 11.4 Å². The predicted octanol–water partition coefficient (Wildman–Crippen LogP) is 1.91. The molecule has 0 radical (unpaired) electrons. The molecule has 19 heavy (non-hydrogen) atoms. The van der Waals surface area contributed by atoms with Gasteiger partial charge in [0, 0.05) is 18.5 Å². The van der Waals surface area contributed by atoms with Gasteiger partial charge in [0.2, 0.25) is 0 Å². The fraction of sp³-hybridized carbons (Fsp3) is 0.429. The van der Waals surface area contributed by atoms with Gasteiger partial charge in [-0.05, 0) is 49.6 Å². The Kier molecular flexibility index (Phi) is 3.06. The number of rotatable bonds is 2. The molecule has 2 aromatic rings. The topological polar surface area (TPSA) is 56.7 Å². The van der Waals surface area contributed by atoms with Crippen molar-refractivity contribution < 1.29 is 4.39 Å². The maximum atomic E-state index is 13.3. The summed E-state index contributed by atoms with van der Waals surface area (Å²) in [6.07, 6.45) is 1.98. The van der Waals surface area contributed by atoms with Crippen LogP contribution in [0.15, 0.2) is 18.2 Å². The molecule has 0 spiro atoms. The lowest BCUT2D eigenvalue weighted by Crippen LogP contribution is -2.26. The van der Waals surface area contributed by atoms with Crippen molar-refractivity contribution in [2.45, 2.75) is 26.3 Å². The molecule has 100 valence electrons. The fourth-order valence-electron chi connectivity index (χ4n) is 2.58. The molecule has 1 unspecified atom stereocenters. The zero-order valence-corrected chi connectivity index (χ0v) is 10.9. The summed E-state index contributed by atoms with van der Waals surface area (Å²) in [7, 11) is 0. The molecule has 1 aromatic carbocycles. The van der Waals surface area contributed by atoms with Crippen LogP contribution in [0.4, 0.5) is 4.39 Å². The summed E-state index contributed by atoms with van der Waals surface area (Å²) in [6, 6.07) is 5.06. The average Bonchev–Trinajstić information content (AvgIpc) is 2.84. The Morgan fingerprint density at radius 1 is 1.42 bits per heavy atom. The number of nitrogens with zero attached hydrogens (tertiary/aromatic N) is 3. The molecular formula is C14H17FN4. The summed E-state index contributed by atoms with van der Waals surface area (Å²) in [4.78, 5) is 0. The fourth-order valence-corrected chi connectivity index (χ4v) is 2.58. The Hall–Kier alpha value is -1.75. The molecule has 0 amide bonds. The highest BCUT2D eigenvalue weighted by atomic mass is 19.1. The van der Waals surface area contributed by atoms with E-state index in [-0.39, 0.29) is 5.82 Å². The van der Waals surface area contributed by atoms with Gasteiger partial charge in [-0.1, -0.05) is 0 Å². The Bertz CT molecular complexity index is 605. The van der Waals surface area contributed by atoms with Crippen LogP contribution in [0.25, 0.3) is 11.4 Å². The summed E-state index contributed by atoms with van der Waals surface area (Å²) in [5, 5.41) is 8.49. The van der Waals surface area contributed by atoms with E-state index in [9.17, 15) is 4.39 Å². The van der Waals surface area contributed by atoms with E-state index in [1.165, 1.54) is 6.07 Å². The highest BCUT2D eigenvalue weighted by Gasteiger charge is 2.22. The second-order valence-electron chi connectivity index (χ2n) is 5.15. The molecule has 1 aliphatic rings. The van der Waals surface area contributed by atoms with Crippen LogP contribution in [0.5, 0.6) is 0 Å². The molecular weight excluding hydrogens is 243 g/mol. The van der Waals surface area contributed by atoms with Crippen LogP contribution >= 0.6 is 0 Å². The van der Waals surface area contributed by atoms with E-state index in [1.54, 1.807) is 13.0 Å². The lowest BCUT2D eigenvalue weighted by Gasteiger charge is -2.23. The molecule has 1 aliphatic heterocycles. The van der Waals surface area contributed by atoms with Crippen LogP contribution in [0.2, 0.25) is 0 Å². The number of benzene rings is 1. The Balaban J connectivity index is 2.02. The zero-order chi connectivity index (χ0) is 13.4. The van der Waals surface area contributed by atoms with Gasteiger partial charge >= 0.3 is 0 Å². The molecule has 4 nitrogen and oxygen atoms in total. The van der Waals surface area contributed by atoms with Crippen LogP contribution in [0, 0.1) is 18.7 Å². The summed E-state index contributed by atoms with van der Waals surface area (Å²) in [5.41, 5.74) is 7.30. The van der Waals surface area contributed by atoms with E-state index in [4.69, 9.17) is 5.73 Å². The summed E-state index contributed by atoms with van der Waals surface area (Å²) in [5.74, 6) is 2.10. The predicted molar refractivity (Wildman–Crippen MR) is 71.0 cm³/mol. The second kappa shape index (κ2) is 4.74. The van der Waals surface area contributed by atoms with Crippen molar-refractivity contribution in [2.24, 2.45) is 11.7 Å². The van der Waals surface area contributed by atoms with Crippen molar-refractivity contribution in [1.82, 2.24) is 14.8 Å². The largest absolute Gasteiger partial charge is 0.330 e. The third-order valence-corrected chi connectivity index (χ3v) is 3.79. The monoisotopic (exact) mass is 260 g/mol. The highest BCUT2D eigenvalue weighted by molar-refractivity contribution is 5.56. The van der Waals surface area contributed by atoms with E-state index in [2.05, 4.69) is 14.8 Å². The van der Waals surface area contributed by atoms with Crippen LogP contribution < -0.4 is 5.73 Å².